The first-order valence-electron chi connectivity index (χ1n) is 6.21. The zero-order chi connectivity index (χ0) is 15.1. The number of nitrogens with one attached hydrogen (secondary N) is 1. The first-order chi connectivity index (χ1) is 10.1. The van der Waals surface area contributed by atoms with E-state index in [0.717, 1.165) is 16.5 Å². The van der Waals surface area contributed by atoms with Gasteiger partial charge in [0.2, 0.25) is 5.91 Å². The van der Waals surface area contributed by atoms with Gasteiger partial charge in [0.05, 0.1) is 13.1 Å². The van der Waals surface area contributed by atoms with Crippen LogP contribution in [0.5, 0.6) is 0 Å². The van der Waals surface area contributed by atoms with Gasteiger partial charge >= 0.3 is 5.97 Å². The lowest BCUT2D eigenvalue weighted by atomic mass is 10.2. The second kappa shape index (κ2) is 7.34. The van der Waals surface area contributed by atoms with Crippen molar-refractivity contribution in [2.75, 3.05) is 0 Å². The number of rotatable bonds is 7. The van der Waals surface area contributed by atoms with Crippen LogP contribution in [0.4, 0.5) is 0 Å². The number of aromatic nitrogens is 3. The number of hydrogen-bond donors (Lipinski definition) is 2. The molecule has 0 aliphatic heterocycles. The van der Waals surface area contributed by atoms with Crippen LogP contribution in [0, 0.1) is 0 Å². The predicted octanol–water partition coefficient (Wildman–Crippen LogP) is 1.14. The largest absolute Gasteiger partial charge is 0.478 e. The van der Waals surface area contributed by atoms with Gasteiger partial charge in [-0.1, -0.05) is 0 Å². The first kappa shape index (κ1) is 14.9. The summed E-state index contributed by atoms with van der Waals surface area (Å²) in [6, 6.07) is 1.82. The van der Waals surface area contributed by atoms with Crippen LogP contribution in [0.15, 0.2) is 30.2 Å². The van der Waals surface area contributed by atoms with E-state index in [1.807, 2.05) is 11.4 Å². The number of thiophene rings is 1. The van der Waals surface area contributed by atoms with E-state index >= 15 is 0 Å². The molecule has 0 saturated heterocycles. The molecule has 0 unspecified atom stereocenters. The van der Waals surface area contributed by atoms with Crippen molar-refractivity contribution in [1.29, 1.82) is 0 Å². The van der Waals surface area contributed by atoms with Crippen LogP contribution in [0.2, 0.25) is 0 Å². The van der Waals surface area contributed by atoms with Crippen LogP contribution in [-0.4, -0.2) is 31.7 Å². The molecule has 2 heterocycles. The zero-order valence-corrected chi connectivity index (χ0v) is 11.9. The highest BCUT2D eigenvalue weighted by molar-refractivity contribution is 7.10. The Bertz CT molecular complexity index is 634. The molecule has 0 fully saturated rings. The average Bonchev–Trinajstić information content (AvgIpc) is 3.11. The van der Waals surface area contributed by atoms with Crippen LogP contribution in [-0.2, 0) is 22.7 Å². The Balaban J connectivity index is 1.81. The number of nitrogens with zero attached hydrogens (tertiary/aromatic N) is 3. The fourth-order valence-electron chi connectivity index (χ4n) is 1.64. The molecule has 21 heavy (non-hydrogen) atoms. The molecule has 0 aromatic carbocycles. The highest BCUT2D eigenvalue weighted by atomic mass is 32.1. The van der Waals surface area contributed by atoms with Crippen molar-refractivity contribution >= 4 is 29.3 Å². The van der Waals surface area contributed by atoms with Gasteiger partial charge < -0.3 is 10.4 Å². The Labute approximate surface area is 124 Å². The van der Waals surface area contributed by atoms with E-state index in [0.29, 0.717) is 19.5 Å². The third-order valence-electron chi connectivity index (χ3n) is 2.67. The second-order valence-corrected chi connectivity index (χ2v) is 5.16. The van der Waals surface area contributed by atoms with Crippen molar-refractivity contribution in [2.24, 2.45) is 0 Å². The van der Waals surface area contributed by atoms with Crippen LogP contribution < -0.4 is 5.32 Å². The highest BCUT2D eigenvalue weighted by Crippen LogP contribution is 2.18. The minimum absolute atomic E-state index is 0.0907. The lowest BCUT2D eigenvalue weighted by Crippen LogP contribution is -2.23. The lowest BCUT2D eigenvalue weighted by molar-refractivity contribution is -0.131. The Morgan fingerprint density at radius 1 is 1.48 bits per heavy atom. The Hall–Kier alpha value is -2.48. The number of carbonyl (C=O) groups is 2. The van der Waals surface area contributed by atoms with E-state index in [2.05, 4.69) is 15.4 Å². The van der Waals surface area contributed by atoms with Gasteiger partial charge in [-0.15, -0.1) is 11.3 Å². The summed E-state index contributed by atoms with van der Waals surface area (Å²) in [7, 11) is 0. The molecule has 0 saturated carbocycles. The van der Waals surface area contributed by atoms with Crippen molar-refractivity contribution < 1.29 is 14.7 Å². The summed E-state index contributed by atoms with van der Waals surface area (Å²) in [5.41, 5.74) is 0.805. The fourth-order valence-corrected chi connectivity index (χ4v) is 2.44. The zero-order valence-electron chi connectivity index (χ0n) is 11.1. The van der Waals surface area contributed by atoms with Gasteiger partial charge in [0, 0.05) is 17.4 Å². The van der Waals surface area contributed by atoms with Gasteiger partial charge in [0.1, 0.15) is 12.7 Å². The number of carbonyl (C=O) groups excluding carboxylic acids is 1. The monoisotopic (exact) mass is 306 g/mol. The molecular weight excluding hydrogens is 292 g/mol. The SMILES string of the molecule is O=C(O)/C=C/c1ccsc1CNC(=O)CCn1cncn1. The normalized spacial score (nSPS) is 10.9. The van der Waals surface area contributed by atoms with E-state index in [4.69, 9.17) is 5.11 Å². The minimum Gasteiger partial charge on any atom is -0.478 e. The molecule has 0 aliphatic rings. The molecule has 0 atom stereocenters. The Morgan fingerprint density at radius 3 is 3.05 bits per heavy atom. The summed E-state index contributed by atoms with van der Waals surface area (Å²) in [5, 5.41) is 17.2. The summed E-state index contributed by atoms with van der Waals surface area (Å²) in [6.07, 6.45) is 5.90. The Kier molecular flexibility index (Phi) is 5.22. The maximum atomic E-state index is 11.7. The van der Waals surface area contributed by atoms with Crippen molar-refractivity contribution in [2.45, 2.75) is 19.5 Å². The summed E-state index contributed by atoms with van der Waals surface area (Å²) in [4.78, 5) is 27.0. The maximum absolute atomic E-state index is 11.7. The van der Waals surface area contributed by atoms with Crippen LogP contribution >= 0.6 is 11.3 Å². The molecule has 1 amide bonds. The number of carboxylic acids is 1. The third-order valence-corrected chi connectivity index (χ3v) is 3.60. The number of aliphatic carboxylic acids is 1. The summed E-state index contributed by atoms with van der Waals surface area (Å²) in [5.74, 6) is -1.09. The smallest absolute Gasteiger partial charge is 0.328 e. The van der Waals surface area contributed by atoms with E-state index in [9.17, 15) is 9.59 Å². The van der Waals surface area contributed by atoms with E-state index < -0.39 is 5.97 Å². The number of carboxylic acid groups (broad SMARTS) is 1. The standard InChI is InChI=1S/C13H14N4O3S/c18-12(3-5-17-9-14-8-16-17)15-7-11-10(4-6-21-11)1-2-13(19)20/h1-2,4,6,8-9H,3,5,7H2,(H,15,18)(H,19,20)/b2-1+. The molecule has 0 bridgehead atoms. The predicted molar refractivity (Wildman–Crippen MR) is 77.5 cm³/mol. The molecule has 7 nitrogen and oxygen atoms in total. The molecule has 2 rings (SSSR count). The van der Waals surface area contributed by atoms with Crippen molar-refractivity contribution in [3.8, 4) is 0 Å². The van der Waals surface area contributed by atoms with Crippen molar-refractivity contribution in [3.63, 3.8) is 0 Å². The molecule has 0 aliphatic carbocycles. The Morgan fingerprint density at radius 2 is 2.33 bits per heavy atom. The van der Waals surface area contributed by atoms with E-state index in [1.54, 1.807) is 11.0 Å². The van der Waals surface area contributed by atoms with Gasteiger partial charge in [-0.25, -0.2) is 9.78 Å². The molecular formula is C13H14N4O3S. The van der Waals surface area contributed by atoms with Crippen molar-refractivity contribution in [1.82, 2.24) is 20.1 Å². The van der Waals surface area contributed by atoms with Crippen LogP contribution in [0.3, 0.4) is 0 Å². The van der Waals surface area contributed by atoms with Gasteiger partial charge in [0.25, 0.3) is 0 Å². The summed E-state index contributed by atoms with van der Waals surface area (Å²) < 4.78 is 1.59. The second-order valence-electron chi connectivity index (χ2n) is 4.16. The molecule has 0 radical (unpaired) electrons. The molecule has 8 heteroatoms. The summed E-state index contributed by atoms with van der Waals surface area (Å²) in [6.45, 7) is 0.856. The molecule has 110 valence electrons. The maximum Gasteiger partial charge on any atom is 0.328 e. The van der Waals surface area contributed by atoms with Crippen LogP contribution in [0.25, 0.3) is 6.08 Å². The number of amides is 1. The fraction of sp³-hybridized carbons (Fsp3) is 0.231. The van der Waals surface area contributed by atoms with Gasteiger partial charge in [-0.05, 0) is 23.1 Å². The van der Waals surface area contributed by atoms with Gasteiger partial charge in [-0.2, -0.15) is 5.10 Å². The molecule has 0 spiro atoms. The number of aryl methyl sites for hydroxylation is 1. The van der Waals surface area contributed by atoms with E-state index in [1.165, 1.54) is 23.7 Å². The van der Waals surface area contributed by atoms with Gasteiger partial charge in [-0.3, -0.25) is 9.48 Å². The summed E-state index contributed by atoms with van der Waals surface area (Å²) >= 11 is 1.47. The topological polar surface area (TPSA) is 97.1 Å². The quantitative estimate of drug-likeness (QED) is 0.748. The van der Waals surface area contributed by atoms with E-state index in [-0.39, 0.29) is 5.91 Å². The van der Waals surface area contributed by atoms with Gasteiger partial charge in [0.15, 0.2) is 0 Å². The third kappa shape index (κ3) is 4.84. The molecule has 2 aromatic heterocycles. The first-order valence-corrected chi connectivity index (χ1v) is 7.09. The highest BCUT2D eigenvalue weighted by Gasteiger charge is 2.06. The molecule has 2 aromatic rings. The van der Waals surface area contributed by atoms with Crippen LogP contribution in [0.1, 0.15) is 16.9 Å². The lowest BCUT2D eigenvalue weighted by Gasteiger charge is -2.05. The number of hydrogen-bond acceptors (Lipinski definition) is 5. The minimum atomic E-state index is -0.996. The molecule has 2 N–H and O–H groups in total. The average molecular weight is 306 g/mol. The van der Waals surface area contributed by atoms with Crippen molar-refractivity contribution in [3.05, 3.63) is 40.6 Å².